The van der Waals surface area contributed by atoms with Crippen molar-refractivity contribution in [3.05, 3.63) is 60.1 Å². The maximum Gasteiger partial charge on any atom is 0.246 e. The number of aromatic nitrogens is 2. The first-order valence-corrected chi connectivity index (χ1v) is 8.64. The van der Waals surface area contributed by atoms with Gasteiger partial charge in [-0.05, 0) is 54.3 Å². The molecule has 0 saturated carbocycles. The molecule has 1 amide bonds. The molecule has 0 aliphatic carbocycles. The zero-order valence-corrected chi connectivity index (χ0v) is 14.8. The number of piperidine rings is 1. The van der Waals surface area contributed by atoms with Crippen LogP contribution in [0, 0.1) is 0 Å². The molecular weight excluding hydrogens is 312 g/mol. The zero-order valence-electron chi connectivity index (χ0n) is 14.8. The summed E-state index contributed by atoms with van der Waals surface area (Å²) < 4.78 is 0. The Morgan fingerprint density at radius 2 is 2.04 bits per heavy atom. The van der Waals surface area contributed by atoms with Crippen molar-refractivity contribution in [2.24, 2.45) is 0 Å². The molecule has 0 bridgehead atoms. The monoisotopic (exact) mass is 336 g/mol. The van der Waals surface area contributed by atoms with Gasteiger partial charge in [0.05, 0.1) is 0 Å². The van der Waals surface area contributed by atoms with Crippen molar-refractivity contribution < 1.29 is 4.79 Å². The highest BCUT2D eigenvalue weighted by Crippen LogP contribution is 2.28. The second-order valence-corrected chi connectivity index (χ2v) is 6.58. The fraction of sp³-hybridized carbons (Fsp3) is 0.350. The van der Waals surface area contributed by atoms with E-state index >= 15 is 0 Å². The van der Waals surface area contributed by atoms with Gasteiger partial charge in [-0.15, -0.1) is 0 Å². The van der Waals surface area contributed by atoms with Gasteiger partial charge in [0.1, 0.15) is 5.82 Å². The summed E-state index contributed by atoms with van der Waals surface area (Å²) in [6, 6.07) is 7.98. The lowest BCUT2D eigenvalue weighted by atomic mass is 9.91. The molecular formula is C20H24N4O. The van der Waals surface area contributed by atoms with Crippen LogP contribution >= 0.6 is 0 Å². The predicted octanol–water partition coefficient (Wildman–Crippen LogP) is 2.96. The minimum atomic E-state index is 0.0726. The Labute approximate surface area is 149 Å². The van der Waals surface area contributed by atoms with E-state index in [1.165, 1.54) is 5.56 Å². The molecule has 130 valence electrons. The number of carbonyl (C=O) groups is 1. The lowest BCUT2D eigenvalue weighted by Crippen LogP contribution is -2.38. The number of pyridine rings is 2. The number of nitrogens with zero attached hydrogens (tertiary/aromatic N) is 4. The number of amides is 1. The smallest absolute Gasteiger partial charge is 0.246 e. The number of likely N-dealkylation sites (tertiary alicyclic amines) is 1. The molecule has 1 aliphatic heterocycles. The summed E-state index contributed by atoms with van der Waals surface area (Å²) >= 11 is 0. The maximum absolute atomic E-state index is 12.5. The largest absolute Gasteiger partial charge is 0.363 e. The minimum Gasteiger partial charge on any atom is -0.363 e. The van der Waals surface area contributed by atoms with Crippen LogP contribution in [0.25, 0.3) is 6.08 Å². The van der Waals surface area contributed by atoms with Crippen LogP contribution in [0.5, 0.6) is 0 Å². The molecule has 1 saturated heterocycles. The molecule has 0 spiro atoms. The van der Waals surface area contributed by atoms with E-state index in [0.717, 1.165) is 37.3 Å². The van der Waals surface area contributed by atoms with Crippen molar-refractivity contribution in [2.75, 3.05) is 32.1 Å². The third-order valence-corrected chi connectivity index (χ3v) is 4.56. The summed E-state index contributed by atoms with van der Waals surface area (Å²) in [6.45, 7) is 1.58. The molecule has 25 heavy (non-hydrogen) atoms. The van der Waals surface area contributed by atoms with E-state index in [1.54, 1.807) is 18.5 Å². The molecule has 3 rings (SSSR count). The molecule has 0 unspecified atom stereocenters. The van der Waals surface area contributed by atoms with Gasteiger partial charge in [0.15, 0.2) is 0 Å². The van der Waals surface area contributed by atoms with Crippen molar-refractivity contribution in [1.82, 2.24) is 14.9 Å². The van der Waals surface area contributed by atoms with Crippen LogP contribution < -0.4 is 4.90 Å². The summed E-state index contributed by atoms with van der Waals surface area (Å²) in [6.07, 6.45) is 11.0. The molecule has 2 aromatic rings. The van der Waals surface area contributed by atoms with Crippen molar-refractivity contribution in [3.8, 4) is 0 Å². The first-order chi connectivity index (χ1) is 12.1. The molecule has 0 radical (unpaired) electrons. The summed E-state index contributed by atoms with van der Waals surface area (Å²) in [7, 11) is 3.99. The lowest BCUT2D eigenvalue weighted by Gasteiger charge is -2.32. The normalized spacial score (nSPS) is 17.7. The van der Waals surface area contributed by atoms with E-state index in [1.807, 2.05) is 48.3 Å². The Bertz CT molecular complexity index is 742. The SMILES string of the molecule is CN(C)c1cc([C@H]2CCCN(C(=O)/C=C/c3ccncc3)C2)ccn1. The van der Waals surface area contributed by atoms with E-state index in [4.69, 9.17) is 0 Å². The summed E-state index contributed by atoms with van der Waals surface area (Å²) in [5, 5.41) is 0. The Morgan fingerprint density at radius 1 is 1.24 bits per heavy atom. The standard InChI is InChI=1S/C20H24N4O/c1-23(2)19-14-17(9-12-22-19)18-4-3-13-24(15-18)20(25)6-5-16-7-10-21-11-8-16/h5-12,14,18H,3-4,13,15H2,1-2H3/b6-5+/t18-/m0/s1. The fourth-order valence-electron chi connectivity index (χ4n) is 3.13. The van der Waals surface area contributed by atoms with Gasteiger partial charge in [-0.1, -0.05) is 0 Å². The van der Waals surface area contributed by atoms with Crippen LogP contribution in [0.3, 0.4) is 0 Å². The van der Waals surface area contributed by atoms with E-state index in [0.29, 0.717) is 5.92 Å². The first-order valence-electron chi connectivity index (χ1n) is 8.64. The summed E-state index contributed by atoms with van der Waals surface area (Å²) in [5.41, 5.74) is 2.25. The minimum absolute atomic E-state index is 0.0726. The van der Waals surface area contributed by atoms with Crippen LogP contribution in [0.2, 0.25) is 0 Å². The lowest BCUT2D eigenvalue weighted by molar-refractivity contribution is -0.127. The molecule has 0 aromatic carbocycles. The molecule has 1 fully saturated rings. The molecule has 3 heterocycles. The summed E-state index contributed by atoms with van der Waals surface area (Å²) in [4.78, 5) is 24.8. The van der Waals surface area contributed by atoms with Gasteiger partial charge >= 0.3 is 0 Å². The predicted molar refractivity (Wildman–Crippen MR) is 100 cm³/mol. The van der Waals surface area contributed by atoms with Crippen LogP contribution in [0.1, 0.15) is 29.9 Å². The second kappa shape index (κ2) is 7.92. The van der Waals surface area contributed by atoms with Crippen LogP contribution in [0.4, 0.5) is 5.82 Å². The van der Waals surface area contributed by atoms with E-state index in [2.05, 4.69) is 22.1 Å². The highest BCUT2D eigenvalue weighted by molar-refractivity contribution is 5.91. The quantitative estimate of drug-likeness (QED) is 0.806. The van der Waals surface area contributed by atoms with Gasteiger partial charge in [-0.25, -0.2) is 4.98 Å². The van der Waals surface area contributed by atoms with Crippen molar-refractivity contribution in [1.29, 1.82) is 0 Å². The Hall–Kier alpha value is -2.69. The number of rotatable bonds is 4. The molecule has 0 N–H and O–H groups in total. The van der Waals surface area contributed by atoms with E-state index in [-0.39, 0.29) is 5.91 Å². The van der Waals surface area contributed by atoms with Crippen LogP contribution in [0.15, 0.2) is 48.9 Å². The number of anilines is 1. The summed E-state index contributed by atoms with van der Waals surface area (Å²) in [5.74, 6) is 1.40. The molecule has 5 nitrogen and oxygen atoms in total. The van der Waals surface area contributed by atoms with Crippen LogP contribution in [-0.4, -0.2) is 48.0 Å². The number of carbonyl (C=O) groups excluding carboxylic acids is 1. The van der Waals surface area contributed by atoms with Gasteiger partial charge in [0, 0.05) is 57.8 Å². The molecule has 1 aliphatic rings. The Morgan fingerprint density at radius 3 is 2.80 bits per heavy atom. The Kier molecular flexibility index (Phi) is 5.43. The van der Waals surface area contributed by atoms with Gasteiger partial charge in [0.2, 0.25) is 5.91 Å². The van der Waals surface area contributed by atoms with Gasteiger partial charge < -0.3 is 9.80 Å². The van der Waals surface area contributed by atoms with E-state index in [9.17, 15) is 4.79 Å². The maximum atomic E-state index is 12.5. The average Bonchev–Trinajstić information content (AvgIpc) is 2.67. The highest BCUT2D eigenvalue weighted by atomic mass is 16.2. The average molecular weight is 336 g/mol. The number of hydrogen-bond donors (Lipinski definition) is 0. The fourth-order valence-corrected chi connectivity index (χ4v) is 3.13. The number of hydrogen-bond acceptors (Lipinski definition) is 4. The molecule has 1 atom stereocenters. The molecule has 2 aromatic heterocycles. The first kappa shape index (κ1) is 17.1. The van der Waals surface area contributed by atoms with Crippen molar-refractivity contribution in [3.63, 3.8) is 0 Å². The highest BCUT2D eigenvalue weighted by Gasteiger charge is 2.24. The third kappa shape index (κ3) is 4.44. The molecule has 5 heteroatoms. The van der Waals surface area contributed by atoms with Gasteiger partial charge in [-0.3, -0.25) is 9.78 Å². The van der Waals surface area contributed by atoms with Gasteiger partial charge in [-0.2, -0.15) is 0 Å². The van der Waals surface area contributed by atoms with Crippen molar-refractivity contribution >= 4 is 17.8 Å². The zero-order chi connectivity index (χ0) is 17.6. The topological polar surface area (TPSA) is 49.3 Å². The second-order valence-electron chi connectivity index (χ2n) is 6.58. The van der Waals surface area contributed by atoms with Crippen molar-refractivity contribution in [2.45, 2.75) is 18.8 Å². The van der Waals surface area contributed by atoms with Crippen LogP contribution in [-0.2, 0) is 4.79 Å². The van der Waals surface area contributed by atoms with Gasteiger partial charge in [0.25, 0.3) is 0 Å². The van der Waals surface area contributed by atoms with E-state index < -0.39 is 0 Å². The third-order valence-electron chi connectivity index (χ3n) is 4.56. The Balaban J connectivity index is 1.67.